The lowest BCUT2D eigenvalue weighted by Crippen LogP contribution is -2.05. The molecule has 0 aliphatic carbocycles. The van der Waals surface area contributed by atoms with E-state index in [2.05, 4.69) is 4.74 Å². The quantitative estimate of drug-likeness (QED) is 0.435. The smallest absolute Gasteiger partial charge is 0.330 e. The molecule has 0 aliphatic rings. The van der Waals surface area contributed by atoms with Gasteiger partial charge in [0.25, 0.3) is 0 Å². The van der Waals surface area contributed by atoms with Crippen LogP contribution >= 0.6 is 0 Å². The Bertz CT molecular complexity index is 184. The lowest BCUT2D eigenvalue weighted by atomic mass is 10.4. The molecule has 0 radical (unpaired) electrons. The van der Waals surface area contributed by atoms with Crippen LogP contribution in [0.4, 0.5) is 0 Å². The van der Waals surface area contributed by atoms with Gasteiger partial charge >= 0.3 is 11.9 Å². The number of carboxylic acids is 1. The van der Waals surface area contributed by atoms with Gasteiger partial charge in [-0.15, -0.1) is 0 Å². The average Bonchev–Trinajstić information content (AvgIpc) is 2.00. The normalized spacial score (nSPS) is 10.1. The maximum Gasteiger partial charge on any atom is 0.330 e. The summed E-state index contributed by atoms with van der Waals surface area (Å²) in [5.41, 5.74) is 0. The summed E-state index contributed by atoms with van der Waals surface area (Å²) in [7, 11) is 0. The van der Waals surface area contributed by atoms with Gasteiger partial charge in [-0.2, -0.15) is 0 Å². The second-order valence-electron chi connectivity index (χ2n) is 1.89. The Labute approximate surface area is 69.3 Å². The summed E-state index contributed by atoms with van der Waals surface area (Å²) in [6.07, 6.45) is 1.99. The third kappa shape index (κ3) is 6.76. The summed E-state index contributed by atoms with van der Waals surface area (Å²) in [5.74, 6) is -1.66. The number of aliphatic hydroxyl groups excluding tert-OH is 1. The van der Waals surface area contributed by atoms with Gasteiger partial charge in [0.1, 0.15) is 6.61 Å². The first-order chi connectivity index (χ1) is 5.66. The monoisotopic (exact) mass is 174 g/mol. The molecular formula is C7H10O5. The molecule has 0 aromatic rings. The van der Waals surface area contributed by atoms with Crippen molar-refractivity contribution in [3.63, 3.8) is 0 Å². The number of esters is 1. The summed E-state index contributed by atoms with van der Waals surface area (Å²) in [5, 5.41) is 16.4. The molecule has 0 unspecified atom stereocenters. The van der Waals surface area contributed by atoms with Crippen LogP contribution in [0.15, 0.2) is 12.2 Å². The Hall–Kier alpha value is -1.36. The molecule has 0 bridgehead atoms. The molecular weight excluding hydrogens is 164 g/mol. The highest BCUT2D eigenvalue weighted by Crippen LogP contribution is 1.85. The zero-order valence-corrected chi connectivity index (χ0v) is 6.40. The summed E-state index contributed by atoms with van der Waals surface area (Å²) < 4.78 is 4.40. The van der Waals surface area contributed by atoms with Crippen LogP contribution in [0.5, 0.6) is 0 Å². The van der Waals surface area contributed by atoms with Crippen molar-refractivity contribution in [1.82, 2.24) is 0 Å². The molecule has 5 heteroatoms. The Morgan fingerprint density at radius 3 is 2.58 bits per heavy atom. The number of hydrogen-bond donors (Lipinski definition) is 2. The van der Waals surface area contributed by atoms with Gasteiger partial charge in [0, 0.05) is 6.08 Å². The number of aliphatic carboxylic acids is 1. The maximum absolute atomic E-state index is 10.6. The van der Waals surface area contributed by atoms with Crippen molar-refractivity contribution in [3.05, 3.63) is 12.2 Å². The highest BCUT2D eigenvalue weighted by molar-refractivity contribution is 5.82. The second-order valence-corrected chi connectivity index (χ2v) is 1.89. The Balaban J connectivity index is 3.54. The van der Waals surface area contributed by atoms with Gasteiger partial charge in [-0.3, -0.25) is 4.79 Å². The highest BCUT2D eigenvalue weighted by Gasteiger charge is 1.95. The van der Waals surface area contributed by atoms with Gasteiger partial charge in [0.05, 0.1) is 13.0 Å². The van der Waals surface area contributed by atoms with Crippen molar-refractivity contribution in [2.45, 2.75) is 6.42 Å². The first-order valence-corrected chi connectivity index (χ1v) is 3.32. The zero-order chi connectivity index (χ0) is 9.40. The lowest BCUT2D eigenvalue weighted by molar-refractivity contribution is -0.138. The summed E-state index contributed by atoms with van der Waals surface area (Å²) in [6, 6.07) is 0. The van der Waals surface area contributed by atoms with Crippen LogP contribution < -0.4 is 0 Å². The van der Waals surface area contributed by atoms with Crippen molar-refractivity contribution in [1.29, 1.82) is 0 Å². The van der Waals surface area contributed by atoms with Crippen LogP contribution in [-0.4, -0.2) is 35.4 Å². The molecule has 68 valence electrons. The number of carbonyl (C=O) groups is 2. The van der Waals surface area contributed by atoms with Crippen LogP contribution in [-0.2, 0) is 14.3 Å². The predicted molar refractivity (Wildman–Crippen MR) is 39.4 cm³/mol. The van der Waals surface area contributed by atoms with E-state index in [0.29, 0.717) is 0 Å². The first-order valence-electron chi connectivity index (χ1n) is 3.32. The van der Waals surface area contributed by atoms with E-state index in [1.165, 1.54) is 6.08 Å². The highest BCUT2D eigenvalue weighted by atomic mass is 16.5. The van der Waals surface area contributed by atoms with Gasteiger partial charge in [-0.25, -0.2) is 4.79 Å². The van der Waals surface area contributed by atoms with Crippen molar-refractivity contribution in [2.24, 2.45) is 0 Å². The molecule has 0 aromatic heterocycles. The van der Waals surface area contributed by atoms with Crippen LogP contribution in [0.25, 0.3) is 0 Å². The van der Waals surface area contributed by atoms with E-state index in [1.807, 2.05) is 0 Å². The van der Waals surface area contributed by atoms with Gasteiger partial charge in [0.2, 0.25) is 0 Å². The fourth-order valence-corrected chi connectivity index (χ4v) is 0.450. The number of carbonyl (C=O) groups excluding carboxylic acids is 1. The molecule has 5 nitrogen and oxygen atoms in total. The number of carboxylic acid groups (broad SMARTS) is 1. The maximum atomic E-state index is 10.6. The van der Waals surface area contributed by atoms with Crippen molar-refractivity contribution < 1.29 is 24.5 Å². The number of aliphatic hydroxyl groups is 1. The predicted octanol–water partition coefficient (Wildman–Crippen LogP) is -0.447. The van der Waals surface area contributed by atoms with E-state index in [9.17, 15) is 9.59 Å². The van der Waals surface area contributed by atoms with E-state index >= 15 is 0 Å². The molecule has 0 heterocycles. The molecule has 0 atom stereocenters. The number of rotatable bonds is 5. The molecule has 0 amide bonds. The molecule has 0 fully saturated rings. The van der Waals surface area contributed by atoms with Gasteiger partial charge in [-0.1, -0.05) is 6.08 Å². The summed E-state index contributed by atoms with van der Waals surface area (Å²) >= 11 is 0. The minimum absolute atomic E-state index is 0.0732. The van der Waals surface area contributed by atoms with Gasteiger partial charge in [-0.05, 0) is 0 Å². The Morgan fingerprint density at radius 2 is 2.08 bits per heavy atom. The molecule has 2 N–H and O–H groups in total. The minimum atomic E-state index is -1.01. The molecule has 0 rings (SSSR count). The third-order valence-electron chi connectivity index (χ3n) is 0.882. The molecule has 12 heavy (non-hydrogen) atoms. The fourth-order valence-electron chi connectivity index (χ4n) is 0.450. The van der Waals surface area contributed by atoms with Gasteiger partial charge in [0.15, 0.2) is 0 Å². The van der Waals surface area contributed by atoms with Crippen LogP contribution in [0.1, 0.15) is 6.42 Å². The number of ether oxygens (including phenoxy) is 1. The van der Waals surface area contributed by atoms with E-state index in [0.717, 1.165) is 6.08 Å². The molecule has 0 saturated carbocycles. The molecule has 0 aliphatic heterocycles. The number of hydrogen-bond acceptors (Lipinski definition) is 4. The van der Waals surface area contributed by atoms with Gasteiger partial charge < -0.3 is 14.9 Å². The van der Waals surface area contributed by atoms with Crippen molar-refractivity contribution in [3.8, 4) is 0 Å². The van der Waals surface area contributed by atoms with Crippen LogP contribution in [0, 0.1) is 0 Å². The molecule has 0 aromatic carbocycles. The Morgan fingerprint density at radius 1 is 1.42 bits per heavy atom. The summed E-state index contributed by atoms with van der Waals surface area (Å²) in [4.78, 5) is 20.5. The second kappa shape index (κ2) is 6.36. The average molecular weight is 174 g/mol. The summed E-state index contributed by atoms with van der Waals surface area (Å²) in [6.45, 7) is -0.311. The zero-order valence-electron chi connectivity index (χ0n) is 6.40. The SMILES string of the molecule is O=C(O)CC=CC(=O)OCCO. The molecule has 0 saturated heterocycles. The Kier molecular flexibility index (Phi) is 5.64. The fraction of sp³-hybridized carbons (Fsp3) is 0.429. The largest absolute Gasteiger partial charge is 0.481 e. The van der Waals surface area contributed by atoms with E-state index < -0.39 is 11.9 Å². The first kappa shape index (κ1) is 10.6. The lowest BCUT2D eigenvalue weighted by Gasteiger charge is -1.95. The van der Waals surface area contributed by atoms with E-state index in [4.69, 9.17) is 10.2 Å². The van der Waals surface area contributed by atoms with E-state index in [1.54, 1.807) is 0 Å². The van der Waals surface area contributed by atoms with Crippen molar-refractivity contribution >= 4 is 11.9 Å². The third-order valence-corrected chi connectivity index (χ3v) is 0.882. The van der Waals surface area contributed by atoms with E-state index in [-0.39, 0.29) is 19.6 Å². The molecule has 0 spiro atoms. The topological polar surface area (TPSA) is 83.8 Å². The standard InChI is InChI=1S/C7H10O5/c8-4-5-12-7(11)3-1-2-6(9)10/h1,3,8H,2,4-5H2,(H,9,10). The van der Waals surface area contributed by atoms with Crippen LogP contribution in [0.2, 0.25) is 0 Å². The minimum Gasteiger partial charge on any atom is -0.481 e. The van der Waals surface area contributed by atoms with Crippen molar-refractivity contribution in [2.75, 3.05) is 13.2 Å². The van der Waals surface area contributed by atoms with Crippen LogP contribution in [0.3, 0.4) is 0 Å².